The number of aromatic carboxylic acids is 1. The Morgan fingerprint density at radius 3 is 2.40 bits per heavy atom. The first-order valence-electron chi connectivity index (χ1n) is 7.36. The van der Waals surface area contributed by atoms with Gasteiger partial charge in [0.25, 0.3) is 5.69 Å². The van der Waals surface area contributed by atoms with Crippen LogP contribution in [-0.4, -0.2) is 27.1 Å². The van der Waals surface area contributed by atoms with E-state index < -0.39 is 33.6 Å². The van der Waals surface area contributed by atoms with Crippen molar-refractivity contribution in [2.75, 3.05) is 0 Å². The fourth-order valence-corrected chi connectivity index (χ4v) is 2.27. The second kappa shape index (κ2) is 6.39. The molecule has 0 spiro atoms. The summed E-state index contributed by atoms with van der Waals surface area (Å²) in [5.74, 6) is -2.40. The lowest BCUT2D eigenvalue weighted by Gasteiger charge is -2.16. The van der Waals surface area contributed by atoms with Gasteiger partial charge in [0.1, 0.15) is 17.9 Å². The van der Waals surface area contributed by atoms with Gasteiger partial charge in [0.05, 0.1) is 15.9 Å². The van der Waals surface area contributed by atoms with Crippen LogP contribution in [0.2, 0.25) is 0 Å². The van der Waals surface area contributed by atoms with Crippen molar-refractivity contribution >= 4 is 28.4 Å². The van der Waals surface area contributed by atoms with Crippen LogP contribution in [0.3, 0.4) is 0 Å². The van der Waals surface area contributed by atoms with Crippen LogP contribution in [0.15, 0.2) is 24.3 Å². The number of carbonyl (C=O) groups is 2. The molecule has 0 fully saturated rings. The Morgan fingerprint density at radius 1 is 1.24 bits per heavy atom. The van der Waals surface area contributed by atoms with Crippen LogP contribution in [-0.2, 0) is 16.1 Å². The van der Waals surface area contributed by atoms with E-state index in [0.717, 1.165) is 6.07 Å². The molecule has 0 bridgehead atoms. The highest BCUT2D eigenvalue weighted by Crippen LogP contribution is 2.33. The summed E-state index contributed by atoms with van der Waals surface area (Å²) in [4.78, 5) is 33.8. The minimum Gasteiger partial charge on any atom is -0.507 e. The molecule has 8 nitrogen and oxygen atoms in total. The third-order valence-corrected chi connectivity index (χ3v) is 3.58. The van der Waals surface area contributed by atoms with E-state index in [0.29, 0.717) is 5.39 Å². The van der Waals surface area contributed by atoms with Crippen molar-refractivity contribution in [3.63, 3.8) is 0 Å². The molecule has 2 N–H and O–H groups in total. The predicted molar refractivity (Wildman–Crippen MR) is 88.5 cm³/mol. The van der Waals surface area contributed by atoms with Crippen molar-refractivity contribution < 1.29 is 29.5 Å². The van der Waals surface area contributed by atoms with Gasteiger partial charge in [0.2, 0.25) is 0 Å². The zero-order chi connectivity index (χ0) is 18.9. The maximum atomic E-state index is 11.9. The van der Waals surface area contributed by atoms with E-state index in [1.807, 2.05) is 0 Å². The van der Waals surface area contributed by atoms with E-state index in [4.69, 9.17) is 4.74 Å². The number of nitrogens with zero attached hydrogens (tertiary/aromatic N) is 1. The smallest absolute Gasteiger partial charge is 0.340 e. The minimum atomic E-state index is -1.40. The SMILES string of the molecule is CC(C)(C)C(=O)OCc1cc2ccc(O)c(C(=O)O)c2cc1[N+](=O)[O-]. The van der Waals surface area contributed by atoms with Crippen molar-refractivity contribution in [1.82, 2.24) is 0 Å². The van der Waals surface area contributed by atoms with Gasteiger partial charge < -0.3 is 14.9 Å². The number of carboxylic acid groups (broad SMARTS) is 1. The standard InChI is InChI=1S/C17H17NO7/c1-17(2,3)16(22)25-8-10-6-9-4-5-13(19)14(15(20)21)11(9)7-12(10)18(23)24/h4-7,19H,8H2,1-3H3,(H,20,21). The van der Waals surface area contributed by atoms with Gasteiger partial charge in [0, 0.05) is 11.5 Å². The molecule has 0 heterocycles. The quantitative estimate of drug-likeness (QED) is 0.493. The molecule has 2 aromatic rings. The number of carboxylic acids is 1. The predicted octanol–water partition coefficient (Wildman–Crippen LogP) is 3.24. The van der Waals surface area contributed by atoms with Crippen LogP contribution >= 0.6 is 0 Å². The molecule has 0 saturated carbocycles. The zero-order valence-electron chi connectivity index (χ0n) is 13.9. The number of rotatable bonds is 4. The Labute approximate surface area is 142 Å². The summed E-state index contributed by atoms with van der Waals surface area (Å²) in [6, 6.07) is 5.09. The maximum absolute atomic E-state index is 11.9. The van der Waals surface area contributed by atoms with E-state index in [9.17, 15) is 29.9 Å². The third-order valence-electron chi connectivity index (χ3n) is 3.58. The molecular weight excluding hydrogens is 330 g/mol. The molecule has 0 aliphatic carbocycles. The van der Waals surface area contributed by atoms with Gasteiger partial charge in [-0.05, 0) is 38.3 Å². The zero-order valence-corrected chi connectivity index (χ0v) is 13.9. The van der Waals surface area contributed by atoms with Gasteiger partial charge in [-0.1, -0.05) is 6.07 Å². The molecule has 0 aliphatic heterocycles. The molecule has 25 heavy (non-hydrogen) atoms. The van der Waals surface area contributed by atoms with Gasteiger partial charge in [-0.25, -0.2) is 4.79 Å². The maximum Gasteiger partial charge on any atom is 0.340 e. The number of fused-ring (bicyclic) bond motifs is 1. The number of phenols is 1. The molecule has 0 saturated heterocycles. The highest BCUT2D eigenvalue weighted by atomic mass is 16.6. The average Bonchev–Trinajstić information content (AvgIpc) is 2.50. The highest BCUT2D eigenvalue weighted by molar-refractivity contribution is 6.07. The second-order valence-electron chi connectivity index (χ2n) is 6.55. The number of nitro groups is 1. The Hall–Kier alpha value is -3.16. The Balaban J connectivity index is 2.56. The number of aromatic hydroxyl groups is 1. The average molecular weight is 347 g/mol. The molecule has 132 valence electrons. The topological polar surface area (TPSA) is 127 Å². The van der Waals surface area contributed by atoms with Crippen molar-refractivity contribution in [3.8, 4) is 5.75 Å². The lowest BCUT2D eigenvalue weighted by atomic mass is 9.97. The van der Waals surface area contributed by atoms with Gasteiger partial charge in [-0.3, -0.25) is 14.9 Å². The fourth-order valence-electron chi connectivity index (χ4n) is 2.27. The van der Waals surface area contributed by atoms with Crippen molar-refractivity contribution in [1.29, 1.82) is 0 Å². The molecule has 0 aromatic heterocycles. The number of ether oxygens (including phenoxy) is 1. The molecule has 0 unspecified atom stereocenters. The monoisotopic (exact) mass is 347 g/mol. The van der Waals surface area contributed by atoms with Gasteiger partial charge in [0.15, 0.2) is 0 Å². The van der Waals surface area contributed by atoms with E-state index in [-0.39, 0.29) is 23.2 Å². The molecular formula is C17H17NO7. The Bertz CT molecular complexity index is 881. The highest BCUT2D eigenvalue weighted by Gasteiger charge is 2.25. The Kier molecular flexibility index (Phi) is 4.64. The van der Waals surface area contributed by atoms with Crippen LogP contribution in [0.5, 0.6) is 5.75 Å². The molecule has 2 rings (SSSR count). The summed E-state index contributed by atoms with van der Waals surface area (Å²) in [6.07, 6.45) is 0. The number of hydrogen-bond donors (Lipinski definition) is 2. The summed E-state index contributed by atoms with van der Waals surface area (Å²) in [6.45, 7) is 4.66. The summed E-state index contributed by atoms with van der Waals surface area (Å²) >= 11 is 0. The largest absolute Gasteiger partial charge is 0.507 e. The van der Waals surface area contributed by atoms with Crippen molar-refractivity contribution in [3.05, 3.63) is 45.5 Å². The molecule has 0 radical (unpaired) electrons. The van der Waals surface area contributed by atoms with Gasteiger partial charge in [-0.15, -0.1) is 0 Å². The molecule has 8 heteroatoms. The minimum absolute atomic E-state index is 0.0325. The number of nitro benzene ring substituents is 1. The van der Waals surface area contributed by atoms with Gasteiger partial charge >= 0.3 is 11.9 Å². The Morgan fingerprint density at radius 2 is 1.88 bits per heavy atom. The van der Waals surface area contributed by atoms with Crippen LogP contribution in [0.4, 0.5) is 5.69 Å². The van der Waals surface area contributed by atoms with Crippen molar-refractivity contribution in [2.45, 2.75) is 27.4 Å². The van der Waals surface area contributed by atoms with E-state index >= 15 is 0 Å². The summed E-state index contributed by atoms with van der Waals surface area (Å²) in [5, 5.41) is 30.7. The number of hydrogen-bond acceptors (Lipinski definition) is 6. The first-order valence-corrected chi connectivity index (χ1v) is 7.36. The number of esters is 1. The number of carbonyl (C=O) groups excluding carboxylic acids is 1. The first-order chi connectivity index (χ1) is 11.5. The second-order valence-corrected chi connectivity index (χ2v) is 6.55. The van der Waals surface area contributed by atoms with Gasteiger partial charge in [-0.2, -0.15) is 0 Å². The molecule has 0 amide bonds. The van der Waals surface area contributed by atoms with Crippen LogP contribution in [0.25, 0.3) is 10.8 Å². The van der Waals surface area contributed by atoms with Crippen LogP contribution < -0.4 is 0 Å². The summed E-state index contributed by atoms with van der Waals surface area (Å²) < 4.78 is 5.12. The van der Waals surface area contributed by atoms with Crippen molar-refractivity contribution in [2.24, 2.45) is 5.41 Å². The third kappa shape index (κ3) is 3.68. The first kappa shape index (κ1) is 18.2. The van der Waals surface area contributed by atoms with E-state index in [2.05, 4.69) is 0 Å². The number of benzene rings is 2. The lowest BCUT2D eigenvalue weighted by molar-refractivity contribution is -0.385. The lowest BCUT2D eigenvalue weighted by Crippen LogP contribution is -2.22. The fraction of sp³-hybridized carbons (Fsp3) is 0.294. The van der Waals surface area contributed by atoms with E-state index in [1.165, 1.54) is 18.2 Å². The summed E-state index contributed by atoms with van der Waals surface area (Å²) in [5.41, 5.74) is -1.42. The van der Waals surface area contributed by atoms with Crippen LogP contribution in [0.1, 0.15) is 36.7 Å². The van der Waals surface area contributed by atoms with E-state index in [1.54, 1.807) is 20.8 Å². The molecule has 2 aromatic carbocycles. The molecule has 0 aliphatic rings. The van der Waals surface area contributed by atoms with Crippen LogP contribution in [0, 0.1) is 15.5 Å². The summed E-state index contributed by atoms with van der Waals surface area (Å²) in [7, 11) is 0. The normalized spacial score (nSPS) is 11.3. The molecule has 0 atom stereocenters.